The summed E-state index contributed by atoms with van der Waals surface area (Å²) in [6.45, 7) is 1.45. The maximum absolute atomic E-state index is 11.6. The van der Waals surface area contributed by atoms with Crippen LogP contribution in [0.2, 0.25) is 5.15 Å². The van der Waals surface area contributed by atoms with Gasteiger partial charge >= 0.3 is 5.97 Å². The molecule has 2 aromatic heterocycles. The number of hydrogen-bond acceptors (Lipinski definition) is 4. The van der Waals surface area contributed by atoms with Crippen molar-refractivity contribution >= 4 is 28.9 Å². The smallest absolute Gasteiger partial charge is 0.358 e. The fraction of sp³-hybridized carbons (Fsp3) is 0.250. The molecule has 6 heteroatoms. The SMILES string of the molecule is COC(=O)c1nc(CC(C)=O)n2c(Cl)cccc12. The number of aromatic nitrogens is 2. The molecule has 2 rings (SSSR count). The van der Waals surface area contributed by atoms with Crippen LogP contribution in [0.1, 0.15) is 23.2 Å². The van der Waals surface area contributed by atoms with Gasteiger partial charge in [0.2, 0.25) is 0 Å². The van der Waals surface area contributed by atoms with Crippen LogP contribution < -0.4 is 0 Å². The highest BCUT2D eigenvalue weighted by atomic mass is 35.5. The molecule has 0 saturated carbocycles. The van der Waals surface area contributed by atoms with Crippen LogP contribution in [0.3, 0.4) is 0 Å². The average molecular weight is 267 g/mol. The molecule has 0 spiro atoms. The number of nitrogens with zero attached hydrogens (tertiary/aromatic N) is 2. The molecule has 0 aliphatic carbocycles. The molecule has 18 heavy (non-hydrogen) atoms. The molecule has 0 aliphatic rings. The van der Waals surface area contributed by atoms with Crippen molar-refractivity contribution in [2.24, 2.45) is 0 Å². The first-order valence-electron chi connectivity index (χ1n) is 5.28. The summed E-state index contributed by atoms with van der Waals surface area (Å²) in [6.07, 6.45) is 0.113. The molecule has 94 valence electrons. The van der Waals surface area contributed by atoms with E-state index in [2.05, 4.69) is 9.72 Å². The molecule has 2 heterocycles. The maximum Gasteiger partial charge on any atom is 0.358 e. The van der Waals surface area contributed by atoms with Crippen LogP contribution in [-0.2, 0) is 16.0 Å². The van der Waals surface area contributed by atoms with Gasteiger partial charge in [-0.15, -0.1) is 0 Å². The Morgan fingerprint density at radius 2 is 2.17 bits per heavy atom. The highest BCUT2D eigenvalue weighted by Gasteiger charge is 2.19. The zero-order chi connectivity index (χ0) is 13.3. The third-order valence-electron chi connectivity index (χ3n) is 2.47. The van der Waals surface area contributed by atoms with Gasteiger partial charge in [0.25, 0.3) is 0 Å². The normalized spacial score (nSPS) is 10.6. The number of hydrogen-bond donors (Lipinski definition) is 0. The first kappa shape index (κ1) is 12.6. The Morgan fingerprint density at radius 3 is 2.78 bits per heavy atom. The maximum atomic E-state index is 11.6. The van der Waals surface area contributed by atoms with Crippen LogP contribution in [0.15, 0.2) is 18.2 Å². The zero-order valence-electron chi connectivity index (χ0n) is 9.94. The summed E-state index contributed by atoms with van der Waals surface area (Å²) < 4.78 is 6.24. The first-order chi connectivity index (χ1) is 8.54. The van der Waals surface area contributed by atoms with E-state index in [0.717, 1.165) is 0 Å². The summed E-state index contributed by atoms with van der Waals surface area (Å²) in [7, 11) is 1.28. The van der Waals surface area contributed by atoms with Gasteiger partial charge in [-0.2, -0.15) is 0 Å². The topological polar surface area (TPSA) is 60.7 Å². The third kappa shape index (κ3) is 2.09. The second-order valence-corrected chi connectivity index (χ2v) is 4.20. The molecule has 0 radical (unpaired) electrons. The monoisotopic (exact) mass is 266 g/mol. The van der Waals surface area contributed by atoms with Gasteiger partial charge in [-0.1, -0.05) is 17.7 Å². The molecule has 5 nitrogen and oxygen atoms in total. The van der Waals surface area contributed by atoms with Gasteiger partial charge in [-0.25, -0.2) is 9.78 Å². The standard InChI is InChI=1S/C12H11ClN2O3/c1-7(16)6-10-14-11(12(17)18-2)8-4-3-5-9(13)15(8)10/h3-5H,6H2,1-2H3. The molecule has 0 saturated heterocycles. The molecule has 0 unspecified atom stereocenters. The van der Waals surface area contributed by atoms with Gasteiger partial charge in [0, 0.05) is 0 Å². The summed E-state index contributed by atoms with van der Waals surface area (Å²) in [6, 6.07) is 5.08. The largest absolute Gasteiger partial charge is 0.464 e. The third-order valence-corrected chi connectivity index (χ3v) is 2.76. The van der Waals surface area contributed by atoms with E-state index in [1.165, 1.54) is 14.0 Å². The van der Waals surface area contributed by atoms with Crippen LogP contribution in [0, 0.1) is 0 Å². The lowest BCUT2D eigenvalue weighted by Gasteiger charge is -2.01. The number of esters is 1. The second kappa shape index (κ2) is 4.78. The molecule has 0 amide bonds. The number of Topliss-reactive ketones (excluding diaryl/α,β-unsaturated/α-hetero) is 1. The predicted octanol–water partition coefficient (Wildman–Crippen LogP) is 1.91. The van der Waals surface area contributed by atoms with Crippen molar-refractivity contribution in [3.63, 3.8) is 0 Å². The molecule has 0 atom stereocenters. The van der Waals surface area contributed by atoms with E-state index in [1.54, 1.807) is 22.6 Å². The van der Waals surface area contributed by atoms with Crippen molar-refractivity contribution in [2.45, 2.75) is 13.3 Å². The number of fused-ring (bicyclic) bond motifs is 1. The molecule has 0 bridgehead atoms. The number of ketones is 1. The van der Waals surface area contributed by atoms with Gasteiger partial charge in [-0.3, -0.25) is 9.20 Å². The number of halogens is 1. The van der Waals surface area contributed by atoms with Gasteiger partial charge in [0.15, 0.2) is 5.69 Å². The predicted molar refractivity (Wildman–Crippen MR) is 65.9 cm³/mol. The quantitative estimate of drug-likeness (QED) is 0.629. The van der Waals surface area contributed by atoms with Crippen molar-refractivity contribution in [1.29, 1.82) is 0 Å². The van der Waals surface area contributed by atoms with E-state index < -0.39 is 5.97 Å². The Kier molecular flexibility index (Phi) is 3.34. The number of imidazole rings is 1. The summed E-state index contributed by atoms with van der Waals surface area (Å²) in [5.74, 6) is -0.175. The summed E-state index contributed by atoms with van der Waals surface area (Å²) >= 11 is 6.07. The minimum Gasteiger partial charge on any atom is -0.464 e. The van der Waals surface area contributed by atoms with Crippen molar-refractivity contribution in [2.75, 3.05) is 7.11 Å². The Balaban J connectivity index is 2.71. The Hall–Kier alpha value is -1.88. The number of pyridine rings is 1. The highest BCUT2D eigenvalue weighted by molar-refractivity contribution is 6.30. The van der Waals surface area contributed by atoms with Crippen molar-refractivity contribution in [3.05, 3.63) is 34.9 Å². The van der Waals surface area contributed by atoms with E-state index in [9.17, 15) is 9.59 Å². The number of carbonyl (C=O) groups excluding carboxylic acids is 2. The molecule has 0 N–H and O–H groups in total. The number of rotatable bonds is 3. The minimum atomic E-state index is -0.551. The van der Waals surface area contributed by atoms with Crippen molar-refractivity contribution in [1.82, 2.24) is 9.38 Å². The van der Waals surface area contributed by atoms with E-state index in [1.807, 2.05) is 0 Å². The summed E-state index contributed by atoms with van der Waals surface area (Å²) in [5.41, 5.74) is 0.696. The van der Waals surface area contributed by atoms with Crippen LogP contribution in [-0.4, -0.2) is 28.2 Å². The number of carbonyl (C=O) groups is 2. The molecular formula is C12H11ClN2O3. The van der Waals surface area contributed by atoms with E-state index in [-0.39, 0.29) is 17.9 Å². The van der Waals surface area contributed by atoms with Crippen LogP contribution in [0.25, 0.3) is 5.52 Å². The summed E-state index contributed by atoms with van der Waals surface area (Å²) in [4.78, 5) is 27.0. The molecule has 0 fully saturated rings. The minimum absolute atomic E-state index is 0.0572. The van der Waals surface area contributed by atoms with Gasteiger partial charge in [0.05, 0.1) is 19.0 Å². The van der Waals surface area contributed by atoms with E-state index in [4.69, 9.17) is 11.6 Å². The van der Waals surface area contributed by atoms with Gasteiger partial charge in [0.1, 0.15) is 16.8 Å². The first-order valence-corrected chi connectivity index (χ1v) is 5.66. The Morgan fingerprint density at radius 1 is 1.44 bits per heavy atom. The van der Waals surface area contributed by atoms with Gasteiger partial charge in [-0.05, 0) is 19.1 Å². The zero-order valence-corrected chi connectivity index (χ0v) is 10.7. The molecule has 2 aromatic rings. The second-order valence-electron chi connectivity index (χ2n) is 3.82. The number of ether oxygens (including phenoxy) is 1. The lowest BCUT2D eigenvalue weighted by molar-refractivity contribution is -0.116. The van der Waals surface area contributed by atoms with E-state index in [0.29, 0.717) is 16.5 Å². The fourth-order valence-electron chi connectivity index (χ4n) is 1.75. The average Bonchev–Trinajstić information content (AvgIpc) is 2.68. The summed E-state index contributed by atoms with van der Waals surface area (Å²) in [5, 5.41) is 0.395. The van der Waals surface area contributed by atoms with Crippen molar-refractivity contribution < 1.29 is 14.3 Å². The molecule has 0 aliphatic heterocycles. The fourth-order valence-corrected chi connectivity index (χ4v) is 2.02. The van der Waals surface area contributed by atoms with Crippen LogP contribution in [0.5, 0.6) is 0 Å². The Labute approximate surface area is 108 Å². The molecular weight excluding hydrogens is 256 g/mol. The van der Waals surface area contributed by atoms with E-state index >= 15 is 0 Å². The van der Waals surface area contributed by atoms with Gasteiger partial charge < -0.3 is 4.74 Å². The highest BCUT2D eigenvalue weighted by Crippen LogP contribution is 2.20. The van der Waals surface area contributed by atoms with Crippen LogP contribution in [0.4, 0.5) is 0 Å². The number of methoxy groups -OCH3 is 1. The Bertz CT molecular complexity index is 634. The van der Waals surface area contributed by atoms with Crippen LogP contribution >= 0.6 is 11.6 Å². The molecule has 0 aromatic carbocycles. The lowest BCUT2D eigenvalue weighted by Crippen LogP contribution is -2.03. The lowest BCUT2D eigenvalue weighted by atomic mass is 10.3. The van der Waals surface area contributed by atoms with Crippen molar-refractivity contribution in [3.8, 4) is 0 Å².